The molecule has 172 valence electrons. The third-order valence-electron chi connectivity index (χ3n) is 5.36. The highest BCUT2D eigenvalue weighted by atomic mass is 35.5. The monoisotopic (exact) mass is 479 g/mol. The van der Waals surface area contributed by atoms with Gasteiger partial charge < -0.3 is 9.80 Å². The molecule has 1 aliphatic heterocycles. The number of sulfonamides is 1. The van der Waals surface area contributed by atoms with Crippen LogP contribution in [0, 0.1) is 5.82 Å². The zero-order valence-electron chi connectivity index (χ0n) is 18.2. The zero-order chi connectivity index (χ0) is 23.5. The van der Waals surface area contributed by atoms with Gasteiger partial charge in [0, 0.05) is 50.5 Å². The Hall–Kier alpha value is -2.42. The van der Waals surface area contributed by atoms with Gasteiger partial charge in [-0.1, -0.05) is 23.8 Å². The maximum atomic E-state index is 13.3. The van der Waals surface area contributed by atoms with Gasteiger partial charge in [-0.25, -0.2) is 12.8 Å². The number of benzene rings is 2. The molecular formula is C23H27ClFN3O3S. The van der Waals surface area contributed by atoms with Gasteiger partial charge in [-0.05, 0) is 56.3 Å². The average molecular weight is 480 g/mol. The number of anilines is 1. The predicted molar refractivity (Wildman–Crippen MR) is 125 cm³/mol. The summed E-state index contributed by atoms with van der Waals surface area (Å²) in [6.07, 6.45) is 0. The van der Waals surface area contributed by atoms with E-state index in [0.717, 1.165) is 11.3 Å². The van der Waals surface area contributed by atoms with Gasteiger partial charge >= 0.3 is 0 Å². The second-order valence-electron chi connectivity index (χ2n) is 7.79. The molecule has 2 aromatic carbocycles. The maximum Gasteiger partial charge on any atom is 0.254 e. The number of halogens is 2. The van der Waals surface area contributed by atoms with E-state index in [1.165, 1.54) is 34.6 Å². The summed E-state index contributed by atoms with van der Waals surface area (Å²) in [5.41, 5.74) is 1.94. The third-order valence-corrected chi connectivity index (χ3v) is 7.74. The number of hydrogen-bond acceptors (Lipinski definition) is 4. The Bertz CT molecular complexity index is 1100. The molecule has 1 amide bonds. The molecule has 1 heterocycles. The number of likely N-dealkylation sites (N-methyl/N-ethyl adjacent to an activating group) is 1. The molecule has 1 saturated heterocycles. The largest absolute Gasteiger partial charge is 0.369 e. The van der Waals surface area contributed by atoms with E-state index >= 15 is 0 Å². The summed E-state index contributed by atoms with van der Waals surface area (Å²) in [6.45, 7) is 9.83. The Morgan fingerprint density at radius 1 is 1.12 bits per heavy atom. The van der Waals surface area contributed by atoms with Gasteiger partial charge in [-0.15, -0.1) is 0 Å². The lowest BCUT2D eigenvalue weighted by Gasteiger charge is -2.35. The smallest absolute Gasteiger partial charge is 0.254 e. The summed E-state index contributed by atoms with van der Waals surface area (Å²) < 4.78 is 41.2. The molecular weight excluding hydrogens is 453 g/mol. The Balaban J connectivity index is 1.79. The van der Waals surface area contributed by atoms with Crippen molar-refractivity contribution in [3.63, 3.8) is 0 Å². The molecule has 0 bridgehead atoms. The van der Waals surface area contributed by atoms with Gasteiger partial charge in [-0.3, -0.25) is 4.79 Å². The van der Waals surface area contributed by atoms with Crippen molar-refractivity contribution in [1.29, 1.82) is 0 Å². The maximum absolute atomic E-state index is 13.3. The molecule has 6 nitrogen and oxygen atoms in total. The first-order valence-electron chi connectivity index (χ1n) is 10.4. The number of carbonyl (C=O) groups excluding carboxylic acids is 1. The molecule has 0 N–H and O–H groups in total. The van der Waals surface area contributed by atoms with Crippen molar-refractivity contribution < 1.29 is 17.6 Å². The van der Waals surface area contributed by atoms with Crippen LogP contribution in [0.3, 0.4) is 0 Å². The Morgan fingerprint density at radius 2 is 1.75 bits per heavy atom. The minimum absolute atomic E-state index is 0.0745. The van der Waals surface area contributed by atoms with Crippen LogP contribution in [-0.2, 0) is 10.0 Å². The standard InChI is InChI=1S/C23H27ClFN3O3S/c1-4-26(16-17(2)3)23(29)18-5-10-21(24)22(15-18)32(30,31)28-13-11-27(12-14-28)20-8-6-19(25)7-9-20/h5-10,15H,2,4,11-14,16H2,1,3H3. The van der Waals surface area contributed by atoms with Crippen molar-refractivity contribution in [2.45, 2.75) is 18.7 Å². The molecule has 0 spiro atoms. The first-order valence-corrected chi connectivity index (χ1v) is 12.2. The molecule has 1 aliphatic rings. The van der Waals surface area contributed by atoms with Crippen molar-refractivity contribution >= 4 is 33.2 Å². The Morgan fingerprint density at radius 3 is 2.31 bits per heavy atom. The molecule has 0 radical (unpaired) electrons. The van der Waals surface area contributed by atoms with Gasteiger partial charge in [0.1, 0.15) is 10.7 Å². The number of carbonyl (C=O) groups is 1. The Labute approximate surface area is 193 Å². The number of piperazine rings is 1. The van der Waals surface area contributed by atoms with Crippen LogP contribution >= 0.6 is 11.6 Å². The fourth-order valence-corrected chi connectivity index (χ4v) is 5.57. The molecule has 2 aromatic rings. The summed E-state index contributed by atoms with van der Waals surface area (Å²) in [4.78, 5) is 16.4. The molecule has 0 saturated carbocycles. The fourth-order valence-electron chi connectivity index (χ4n) is 3.65. The highest BCUT2D eigenvalue weighted by Crippen LogP contribution is 2.28. The van der Waals surface area contributed by atoms with E-state index in [1.807, 2.05) is 18.7 Å². The Kier molecular flexibility index (Phi) is 7.59. The van der Waals surface area contributed by atoms with E-state index < -0.39 is 10.0 Å². The summed E-state index contributed by atoms with van der Waals surface area (Å²) in [6, 6.07) is 10.5. The van der Waals surface area contributed by atoms with Crippen LogP contribution in [-0.4, -0.2) is 62.8 Å². The highest BCUT2D eigenvalue weighted by Gasteiger charge is 2.31. The highest BCUT2D eigenvalue weighted by molar-refractivity contribution is 7.89. The summed E-state index contributed by atoms with van der Waals surface area (Å²) in [7, 11) is -3.89. The number of hydrogen-bond donors (Lipinski definition) is 0. The van der Waals surface area contributed by atoms with Gasteiger partial charge in [0.05, 0.1) is 5.02 Å². The quantitative estimate of drug-likeness (QED) is 0.562. The van der Waals surface area contributed by atoms with Crippen LogP contribution in [0.15, 0.2) is 59.5 Å². The molecule has 9 heteroatoms. The van der Waals surface area contributed by atoms with Crippen molar-refractivity contribution in [1.82, 2.24) is 9.21 Å². The zero-order valence-corrected chi connectivity index (χ0v) is 19.8. The van der Waals surface area contributed by atoms with E-state index in [0.29, 0.717) is 26.2 Å². The third kappa shape index (κ3) is 5.31. The first kappa shape index (κ1) is 24.2. The normalized spacial score (nSPS) is 14.9. The lowest BCUT2D eigenvalue weighted by atomic mass is 10.2. The van der Waals surface area contributed by atoms with E-state index in [1.54, 1.807) is 17.0 Å². The lowest BCUT2D eigenvalue weighted by molar-refractivity contribution is 0.0778. The number of nitrogens with zero attached hydrogens (tertiary/aromatic N) is 3. The van der Waals surface area contributed by atoms with Crippen molar-refractivity contribution in [3.05, 3.63) is 71.0 Å². The van der Waals surface area contributed by atoms with E-state index in [2.05, 4.69) is 6.58 Å². The van der Waals surface area contributed by atoms with E-state index in [9.17, 15) is 17.6 Å². The van der Waals surface area contributed by atoms with E-state index in [-0.39, 0.29) is 40.3 Å². The molecule has 1 fully saturated rings. The van der Waals surface area contributed by atoms with Crippen LogP contribution in [0.2, 0.25) is 5.02 Å². The van der Waals surface area contributed by atoms with Crippen LogP contribution in [0.4, 0.5) is 10.1 Å². The van der Waals surface area contributed by atoms with Gasteiger partial charge in [-0.2, -0.15) is 4.31 Å². The molecule has 3 rings (SSSR count). The van der Waals surface area contributed by atoms with Crippen LogP contribution in [0.1, 0.15) is 24.2 Å². The average Bonchev–Trinajstić information content (AvgIpc) is 2.77. The summed E-state index contributed by atoms with van der Waals surface area (Å²) in [5, 5.41) is 0.0745. The van der Waals surface area contributed by atoms with Gasteiger partial charge in [0.15, 0.2) is 0 Å². The molecule has 0 aliphatic carbocycles. The van der Waals surface area contributed by atoms with Crippen LogP contribution in [0.5, 0.6) is 0 Å². The molecule has 0 atom stereocenters. The number of amides is 1. The summed E-state index contributed by atoms with van der Waals surface area (Å²) >= 11 is 6.25. The summed E-state index contributed by atoms with van der Waals surface area (Å²) in [5.74, 6) is -0.589. The minimum Gasteiger partial charge on any atom is -0.369 e. The van der Waals surface area contributed by atoms with Gasteiger partial charge in [0.2, 0.25) is 10.0 Å². The second-order valence-corrected chi connectivity index (χ2v) is 10.1. The van der Waals surface area contributed by atoms with Crippen molar-refractivity contribution in [3.8, 4) is 0 Å². The predicted octanol–water partition coefficient (Wildman–Crippen LogP) is 4.03. The minimum atomic E-state index is -3.89. The second kappa shape index (κ2) is 10.0. The fraction of sp³-hybridized carbons (Fsp3) is 0.348. The SMILES string of the molecule is C=C(C)CN(CC)C(=O)c1ccc(Cl)c(S(=O)(=O)N2CCN(c3ccc(F)cc3)CC2)c1. The lowest BCUT2D eigenvalue weighted by Crippen LogP contribution is -2.48. The first-order chi connectivity index (χ1) is 15.1. The molecule has 0 unspecified atom stereocenters. The van der Waals surface area contributed by atoms with Crippen LogP contribution in [0.25, 0.3) is 0 Å². The molecule has 0 aromatic heterocycles. The van der Waals surface area contributed by atoms with Crippen molar-refractivity contribution in [2.24, 2.45) is 0 Å². The molecule has 32 heavy (non-hydrogen) atoms. The van der Waals surface area contributed by atoms with Gasteiger partial charge in [0.25, 0.3) is 5.91 Å². The van der Waals surface area contributed by atoms with Crippen molar-refractivity contribution in [2.75, 3.05) is 44.2 Å². The topological polar surface area (TPSA) is 60.9 Å². The van der Waals surface area contributed by atoms with E-state index in [4.69, 9.17) is 11.6 Å². The number of rotatable bonds is 7. The van der Waals surface area contributed by atoms with Crippen LogP contribution < -0.4 is 4.90 Å².